The number of hydrogen-bond donors (Lipinski definition) is 1. The average Bonchev–Trinajstić information content (AvgIpc) is 2.15. The van der Waals surface area contributed by atoms with Crippen molar-refractivity contribution in [3.05, 3.63) is 33.3 Å². The fourth-order valence-corrected chi connectivity index (χ4v) is 1.12. The number of halogens is 1. The smallest absolute Gasteiger partial charge is 0.293 e. The molecule has 1 N–H and O–H groups in total. The van der Waals surface area contributed by atoms with E-state index in [9.17, 15) is 10.1 Å². The third-order valence-electron chi connectivity index (χ3n) is 1.54. The van der Waals surface area contributed by atoms with Gasteiger partial charge < -0.3 is 5.32 Å². The number of nitrogens with one attached hydrogen (secondary N) is 1. The molecule has 0 aliphatic heterocycles. The van der Waals surface area contributed by atoms with Crippen LogP contribution in [0.2, 0.25) is 5.02 Å². The topological polar surface area (TPSA) is 55.2 Å². The van der Waals surface area contributed by atoms with Crippen molar-refractivity contribution in [1.82, 2.24) is 0 Å². The summed E-state index contributed by atoms with van der Waals surface area (Å²) in [5.41, 5.74) is 0.296. The molecule has 0 bridgehead atoms. The number of nitro benzene ring substituents is 1. The zero-order valence-corrected chi connectivity index (χ0v) is 7.91. The molecule has 14 heavy (non-hydrogen) atoms. The number of nitrogens with zero attached hydrogens (tertiary/aromatic N) is 1. The van der Waals surface area contributed by atoms with Gasteiger partial charge in [-0.05, 0) is 12.1 Å². The standard InChI is InChI=1S/C9H7ClN2O2/c1-2-5-11-8-4-3-7(10)6-9(8)12(13)14/h1,3-4,6,11H,5H2. The van der Waals surface area contributed by atoms with Crippen LogP contribution < -0.4 is 5.32 Å². The van der Waals surface area contributed by atoms with E-state index in [0.29, 0.717) is 10.7 Å². The SMILES string of the molecule is C#CCNc1ccc(Cl)cc1[N+](=O)[O-]. The van der Waals surface area contributed by atoms with Gasteiger partial charge in [0.2, 0.25) is 0 Å². The highest BCUT2D eigenvalue weighted by Gasteiger charge is 2.12. The second-order valence-electron chi connectivity index (χ2n) is 2.48. The lowest BCUT2D eigenvalue weighted by Gasteiger charge is -2.03. The van der Waals surface area contributed by atoms with Gasteiger partial charge in [-0.2, -0.15) is 0 Å². The molecule has 0 atom stereocenters. The Hall–Kier alpha value is -1.73. The van der Waals surface area contributed by atoms with Gasteiger partial charge in [-0.3, -0.25) is 10.1 Å². The van der Waals surface area contributed by atoms with Crippen LogP contribution in [0, 0.1) is 22.5 Å². The lowest BCUT2D eigenvalue weighted by molar-refractivity contribution is -0.383. The molecular weight excluding hydrogens is 204 g/mol. The zero-order chi connectivity index (χ0) is 10.6. The van der Waals surface area contributed by atoms with E-state index in [0.717, 1.165) is 0 Å². The minimum absolute atomic E-state index is 0.0762. The molecule has 5 heteroatoms. The van der Waals surface area contributed by atoms with Gasteiger partial charge >= 0.3 is 0 Å². The zero-order valence-electron chi connectivity index (χ0n) is 7.16. The van der Waals surface area contributed by atoms with E-state index in [1.165, 1.54) is 12.1 Å². The largest absolute Gasteiger partial charge is 0.369 e. The summed E-state index contributed by atoms with van der Waals surface area (Å²) >= 11 is 5.62. The minimum Gasteiger partial charge on any atom is -0.369 e. The molecule has 0 saturated carbocycles. The molecule has 4 nitrogen and oxygen atoms in total. The molecule has 0 spiro atoms. The van der Waals surface area contributed by atoms with Gasteiger partial charge in [-0.1, -0.05) is 17.5 Å². The predicted octanol–water partition coefficient (Wildman–Crippen LogP) is 2.29. The molecule has 0 saturated heterocycles. The van der Waals surface area contributed by atoms with Crippen LogP contribution in [0.15, 0.2) is 18.2 Å². The molecule has 0 unspecified atom stereocenters. The Morgan fingerprint density at radius 3 is 2.93 bits per heavy atom. The molecule has 72 valence electrons. The highest BCUT2D eigenvalue weighted by molar-refractivity contribution is 6.30. The van der Waals surface area contributed by atoms with E-state index in [2.05, 4.69) is 11.2 Å². The summed E-state index contributed by atoms with van der Waals surface area (Å²) in [5.74, 6) is 2.33. The van der Waals surface area contributed by atoms with Crippen LogP contribution in [0.1, 0.15) is 0 Å². The summed E-state index contributed by atoms with van der Waals surface area (Å²) in [7, 11) is 0. The van der Waals surface area contributed by atoms with Crippen LogP contribution in [0.4, 0.5) is 11.4 Å². The Kier molecular flexibility index (Phi) is 3.32. The Labute approximate surface area is 86.0 Å². The van der Waals surface area contributed by atoms with Gasteiger partial charge in [-0.25, -0.2) is 0 Å². The summed E-state index contributed by atoms with van der Waals surface area (Å²) in [5, 5.41) is 13.6. The number of benzene rings is 1. The van der Waals surface area contributed by atoms with Crippen molar-refractivity contribution in [2.75, 3.05) is 11.9 Å². The van der Waals surface area contributed by atoms with Crippen LogP contribution in [0.5, 0.6) is 0 Å². The van der Waals surface area contributed by atoms with Crippen LogP contribution >= 0.6 is 11.6 Å². The highest BCUT2D eigenvalue weighted by Crippen LogP contribution is 2.27. The summed E-state index contributed by atoms with van der Waals surface area (Å²) in [4.78, 5) is 10.1. The normalized spacial score (nSPS) is 9.14. The molecule has 1 aromatic rings. The van der Waals surface area contributed by atoms with Crippen molar-refractivity contribution in [3.63, 3.8) is 0 Å². The van der Waals surface area contributed by atoms with E-state index < -0.39 is 4.92 Å². The molecule has 0 fully saturated rings. The summed E-state index contributed by atoms with van der Waals surface area (Å²) in [6, 6.07) is 4.37. The second kappa shape index (κ2) is 4.49. The van der Waals surface area contributed by atoms with Crippen LogP contribution in [-0.4, -0.2) is 11.5 Å². The Morgan fingerprint density at radius 2 is 2.36 bits per heavy atom. The molecule has 0 aliphatic rings. The first kappa shape index (κ1) is 10.4. The van der Waals surface area contributed by atoms with Crippen LogP contribution in [0.25, 0.3) is 0 Å². The monoisotopic (exact) mass is 210 g/mol. The first-order valence-electron chi connectivity index (χ1n) is 3.76. The van der Waals surface area contributed by atoms with Gasteiger partial charge in [0.15, 0.2) is 0 Å². The molecule has 0 aromatic heterocycles. The van der Waals surface area contributed by atoms with Gasteiger partial charge in [0, 0.05) is 11.1 Å². The van der Waals surface area contributed by atoms with E-state index in [1.54, 1.807) is 6.07 Å². The fraction of sp³-hybridized carbons (Fsp3) is 0.111. The lowest BCUT2D eigenvalue weighted by Crippen LogP contribution is -2.01. The first-order valence-corrected chi connectivity index (χ1v) is 4.14. The van der Waals surface area contributed by atoms with Gasteiger partial charge in [0.1, 0.15) is 5.69 Å². The van der Waals surface area contributed by atoms with E-state index in [-0.39, 0.29) is 12.2 Å². The molecule has 0 amide bonds. The van der Waals surface area contributed by atoms with E-state index in [4.69, 9.17) is 18.0 Å². The third kappa shape index (κ3) is 2.38. The molecule has 1 rings (SSSR count). The summed E-state index contributed by atoms with van der Waals surface area (Å²) < 4.78 is 0. The summed E-state index contributed by atoms with van der Waals surface area (Å²) in [6.45, 7) is 0.239. The van der Waals surface area contributed by atoms with E-state index in [1.807, 2.05) is 0 Å². The van der Waals surface area contributed by atoms with Crippen LogP contribution in [-0.2, 0) is 0 Å². The van der Waals surface area contributed by atoms with Gasteiger partial charge in [0.05, 0.1) is 11.5 Å². The van der Waals surface area contributed by atoms with Crippen molar-refractivity contribution < 1.29 is 4.92 Å². The lowest BCUT2D eigenvalue weighted by atomic mass is 10.2. The quantitative estimate of drug-likeness (QED) is 0.473. The maximum Gasteiger partial charge on any atom is 0.293 e. The average molecular weight is 211 g/mol. The van der Waals surface area contributed by atoms with Crippen molar-refractivity contribution in [1.29, 1.82) is 0 Å². The van der Waals surface area contributed by atoms with Gasteiger partial charge in [0.25, 0.3) is 5.69 Å². The van der Waals surface area contributed by atoms with Crippen molar-refractivity contribution >= 4 is 23.0 Å². The number of hydrogen-bond acceptors (Lipinski definition) is 3. The molecule has 0 radical (unpaired) electrons. The van der Waals surface area contributed by atoms with Crippen molar-refractivity contribution in [2.45, 2.75) is 0 Å². The number of nitro groups is 1. The molecule has 0 aliphatic carbocycles. The van der Waals surface area contributed by atoms with Gasteiger partial charge in [-0.15, -0.1) is 6.42 Å². The van der Waals surface area contributed by atoms with Crippen molar-refractivity contribution in [3.8, 4) is 12.3 Å². The fourth-order valence-electron chi connectivity index (χ4n) is 0.952. The highest BCUT2D eigenvalue weighted by atomic mass is 35.5. The number of rotatable bonds is 3. The van der Waals surface area contributed by atoms with E-state index >= 15 is 0 Å². The predicted molar refractivity (Wildman–Crippen MR) is 55.4 cm³/mol. The summed E-state index contributed by atoms with van der Waals surface area (Å²) in [6.07, 6.45) is 5.02. The minimum atomic E-state index is -0.509. The molecule has 0 heterocycles. The maximum atomic E-state index is 10.6. The second-order valence-corrected chi connectivity index (χ2v) is 2.91. The Bertz CT molecular complexity index is 398. The number of terminal acetylenes is 1. The maximum absolute atomic E-state index is 10.6. The van der Waals surface area contributed by atoms with Crippen LogP contribution in [0.3, 0.4) is 0 Å². The molecular formula is C9H7ClN2O2. The number of anilines is 1. The third-order valence-corrected chi connectivity index (χ3v) is 1.77. The Balaban J connectivity index is 3.03. The van der Waals surface area contributed by atoms with Crippen molar-refractivity contribution in [2.24, 2.45) is 0 Å². The first-order chi connectivity index (χ1) is 6.65. The Morgan fingerprint density at radius 1 is 1.64 bits per heavy atom. The molecule has 1 aromatic carbocycles.